The van der Waals surface area contributed by atoms with E-state index in [4.69, 9.17) is 16.9 Å². The average Bonchev–Trinajstić information content (AvgIpc) is 2.49. The second-order valence-electron chi connectivity index (χ2n) is 4.18. The van der Waals surface area contributed by atoms with E-state index in [1.54, 1.807) is 24.3 Å². The molecule has 0 aliphatic carbocycles. The molecule has 0 spiro atoms. The van der Waals surface area contributed by atoms with Crippen LogP contribution in [0.1, 0.15) is 5.56 Å². The largest absolute Gasteiger partial charge is 0.321 e. The molecule has 104 valence electrons. The number of benzene rings is 2. The Bertz CT molecular complexity index is 715. The molecule has 21 heavy (non-hydrogen) atoms. The average molecular weight is 301 g/mol. The summed E-state index contributed by atoms with van der Waals surface area (Å²) in [5.74, 6) is -0.954. The number of halogens is 2. The molecule has 1 N–H and O–H groups in total. The summed E-state index contributed by atoms with van der Waals surface area (Å²) in [7, 11) is 0. The Morgan fingerprint density at radius 1 is 1.14 bits per heavy atom. The van der Waals surface area contributed by atoms with Crippen LogP contribution in [0.5, 0.6) is 0 Å². The summed E-state index contributed by atoms with van der Waals surface area (Å²) in [4.78, 5) is 12.0. The topological polar surface area (TPSA) is 52.9 Å². The highest BCUT2D eigenvalue weighted by Crippen LogP contribution is 2.14. The molecule has 0 saturated carbocycles. The van der Waals surface area contributed by atoms with Crippen molar-refractivity contribution in [1.82, 2.24) is 0 Å². The van der Waals surface area contributed by atoms with Crippen molar-refractivity contribution in [1.29, 1.82) is 5.26 Å². The lowest BCUT2D eigenvalue weighted by molar-refractivity contribution is -0.112. The fourth-order valence-electron chi connectivity index (χ4n) is 1.61. The number of anilines is 1. The third-order valence-corrected chi connectivity index (χ3v) is 2.90. The van der Waals surface area contributed by atoms with Gasteiger partial charge in [-0.15, -0.1) is 0 Å². The Kier molecular flexibility index (Phi) is 4.70. The maximum Gasteiger partial charge on any atom is 0.266 e. The molecule has 0 aliphatic heterocycles. The molecule has 0 unspecified atom stereocenters. The number of amides is 1. The third-order valence-electron chi connectivity index (χ3n) is 2.65. The van der Waals surface area contributed by atoms with Crippen LogP contribution in [0.3, 0.4) is 0 Å². The molecular formula is C16H10ClFN2O. The van der Waals surface area contributed by atoms with Crippen LogP contribution in [0.25, 0.3) is 6.08 Å². The van der Waals surface area contributed by atoms with Crippen molar-refractivity contribution in [3.63, 3.8) is 0 Å². The van der Waals surface area contributed by atoms with Gasteiger partial charge in [0.25, 0.3) is 5.91 Å². The number of nitrogens with zero attached hydrogens (tertiary/aromatic N) is 1. The van der Waals surface area contributed by atoms with Gasteiger partial charge in [0, 0.05) is 10.7 Å². The van der Waals surface area contributed by atoms with Crippen molar-refractivity contribution in [2.45, 2.75) is 0 Å². The summed E-state index contributed by atoms with van der Waals surface area (Å²) in [6, 6.07) is 13.9. The number of carbonyl (C=O) groups excluding carboxylic acids is 1. The van der Waals surface area contributed by atoms with E-state index in [-0.39, 0.29) is 5.57 Å². The van der Waals surface area contributed by atoms with Gasteiger partial charge in [0.15, 0.2) is 0 Å². The van der Waals surface area contributed by atoms with Gasteiger partial charge in [-0.1, -0.05) is 23.7 Å². The van der Waals surface area contributed by atoms with Crippen LogP contribution in [0.4, 0.5) is 10.1 Å². The lowest BCUT2D eigenvalue weighted by atomic mass is 10.1. The molecule has 2 aromatic rings. The van der Waals surface area contributed by atoms with Crippen molar-refractivity contribution in [2.24, 2.45) is 0 Å². The normalized spacial score (nSPS) is 10.8. The molecule has 2 aromatic carbocycles. The first-order valence-electron chi connectivity index (χ1n) is 6.03. The van der Waals surface area contributed by atoms with Crippen molar-refractivity contribution in [3.05, 3.63) is 70.5 Å². The molecule has 0 bridgehead atoms. The molecule has 0 aliphatic rings. The highest BCUT2D eigenvalue weighted by molar-refractivity contribution is 6.30. The Morgan fingerprint density at radius 2 is 1.76 bits per heavy atom. The van der Waals surface area contributed by atoms with E-state index in [0.717, 1.165) is 0 Å². The minimum absolute atomic E-state index is 0.0540. The monoisotopic (exact) mass is 300 g/mol. The molecule has 0 aromatic heterocycles. The van der Waals surface area contributed by atoms with Gasteiger partial charge in [0.2, 0.25) is 0 Å². The van der Waals surface area contributed by atoms with E-state index < -0.39 is 11.7 Å². The molecular weight excluding hydrogens is 291 g/mol. The Hall–Kier alpha value is -2.64. The number of carbonyl (C=O) groups is 1. The van der Waals surface area contributed by atoms with E-state index in [9.17, 15) is 9.18 Å². The van der Waals surface area contributed by atoms with E-state index in [1.165, 1.54) is 30.3 Å². The molecule has 1 amide bonds. The van der Waals surface area contributed by atoms with Crippen LogP contribution in [0.15, 0.2) is 54.1 Å². The summed E-state index contributed by atoms with van der Waals surface area (Å²) in [5.41, 5.74) is 1.05. The van der Waals surface area contributed by atoms with Crippen LogP contribution in [0, 0.1) is 17.1 Å². The van der Waals surface area contributed by atoms with Crippen molar-refractivity contribution in [2.75, 3.05) is 5.32 Å². The van der Waals surface area contributed by atoms with Gasteiger partial charge < -0.3 is 5.32 Å². The number of nitriles is 1. The number of nitrogens with one attached hydrogen (secondary N) is 1. The first-order valence-corrected chi connectivity index (χ1v) is 6.40. The van der Waals surface area contributed by atoms with Gasteiger partial charge in [-0.25, -0.2) is 4.39 Å². The Morgan fingerprint density at radius 3 is 2.33 bits per heavy atom. The molecule has 0 heterocycles. The molecule has 0 radical (unpaired) electrons. The summed E-state index contributed by atoms with van der Waals surface area (Å²) in [5, 5.41) is 12.2. The first-order chi connectivity index (χ1) is 10.1. The summed E-state index contributed by atoms with van der Waals surface area (Å²) < 4.78 is 12.8. The molecule has 0 atom stereocenters. The van der Waals surface area contributed by atoms with E-state index in [0.29, 0.717) is 16.3 Å². The van der Waals surface area contributed by atoms with Crippen LogP contribution in [-0.4, -0.2) is 5.91 Å². The molecule has 2 rings (SSSR count). The third kappa shape index (κ3) is 4.16. The zero-order chi connectivity index (χ0) is 15.2. The van der Waals surface area contributed by atoms with Crippen LogP contribution >= 0.6 is 11.6 Å². The standard InChI is InChI=1S/C16H10ClFN2O/c17-13-3-1-11(2-4-13)9-12(10-19)16(21)20-15-7-5-14(18)6-8-15/h1-9H,(H,20,21). The summed E-state index contributed by atoms with van der Waals surface area (Å²) in [6.45, 7) is 0. The van der Waals surface area contributed by atoms with Gasteiger partial charge in [-0.05, 0) is 48.0 Å². The Balaban J connectivity index is 2.17. The fraction of sp³-hybridized carbons (Fsp3) is 0. The van der Waals surface area contributed by atoms with Crippen LogP contribution < -0.4 is 5.32 Å². The minimum Gasteiger partial charge on any atom is -0.321 e. The second-order valence-corrected chi connectivity index (χ2v) is 4.62. The smallest absolute Gasteiger partial charge is 0.266 e. The quantitative estimate of drug-likeness (QED) is 0.687. The molecule has 0 fully saturated rings. The van der Waals surface area contributed by atoms with E-state index in [2.05, 4.69) is 5.32 Å². The van der Waals surface area contributed by atoms with Gasteiger partial charge in [-0.3, -0.25) is 4.79 Å². The second kappa shape index (κ2) is 6.69. The highest BCUT2D eigenvalue weighted by Gasteiger charge is 2.09. The predicted molar refractivity (Wildman–Crippen MR) is 80.1 cm³/mol. The van der Waals surface area contributed by atoms with E-state index >= 15 is 0 Å². The highest BCUT2D eigenvalue weighted by atomic mass is 35.5. The number of hydrogen-bond acceptors (Lipinski definition) is 2. The maximum atomic E-state index is 12.8. The predicted octanol–water partition coefficient (Wildman–Crippen LogP) is 4.02. The number of rotatable bonds is 3. The lowest BCUT2D eigenvalue weighted by Crippen LogP contribution is -2.13. The van der Waals surface area contributed by atoms with Gasteiger partial charge in [0.1, 0.15) is 17.5 Å². The molecule has 0 saturated heterocycles. The fourth-order valence-corrected chi connectivity index (χ4v) is 1.73. The van der Waals surface area contributed by atoms with Gasteiger partial charge in [-0.2, -0.15) is 5.26 Å². The summed E-state index contributed by atoms with van der Waals surface area (Å²) in [6.07, 6.45) is 1.45. The van der Waals surface area contributed by atoms with E-state index in [1.807, 2.05) is 6.07 Å². The SMILES string of the molecule is N#CC(=Cc1ccc(Cl)cc1)C(=O)Nc1ccc(F)cc1. The summed E-state index contributed by atoms with van der Waals surface area (Å²) >= 11 is 5.77. The molecule has 5 heteroatoms. The van der Waals surface area contributed by atoms with Gasteiger partial charge >= 0.3 is 0 Å². The zero-order valence-corrected chi connectivity index (χ0v) is 11.6. The van der Waals surface area contributed by atoms with Crippen molar-refractivity contribution < 1.29 is 9.18 Å². The molecule has 3 nitrogen and oxygen atoms in total. The minimum atomic E-state index is -0.556. The maximum absolute atomic E-state index is 12.8. The van der Waals surface area contributed by atoms with Crippen molar-refractivity contribution in [3.8, 4) is 6.07 Å². The lowest BCUT2D eigenvalue weighted by Gasteiger charge is -2.04. The van der Waals surface area contributed by atoms with Crippen LogP contribution in [0.2, 0.25) is 5.02 Å². The Labute approximate surface area is 126 Å². The first kappa shape index (κ1) is 14.8. The zero-order valence-electron chi connectivity index (χ0n) is 10.8. The number of hydrogen-bond donors (Lipinski definition) is 1. The van der Waals surface area contributed by atoms with Gasteiger partial charge in [0.05, 0.1) is 0 Å². The van der Waals surface area contributed by atoms with Crippen LogP contribution in [-0.2, 0) is 4.79 Å². The van der Waals surface area contributed by atoms with Crippen molar-refractivity contribution >= 4 is 29.3 Å².